The van der Waals surface area contributed by atoms with E-state index >= 15 is 0 Å². The van der Waals surface area contributed by atoms with Crippen LogP contribution in [0.25, 0.3) is 0 Å². The van der Waals surface area contributed by atoms with Gasteiger partial charge in [0, 0.05) is 19.3 Å². The lowest BCUT2D eigenvalue weighted by atomic mass is 9.50. The summed E-state index contributed by atoms with van der Waals surface area (Å²) in [7, 11) is 0. The van der Waals surface area contributed by atoms with Gasteiger partial charge in [0.1, 0.15) is 5.60 Å². The molecule has 0 radical (unpaired) electrons. The van der Waals surface area contributed by atoms with Gasteiger partial charge in [-0.25, -0.2) is 0 Å². The Hall–Kier alpha value is -0.610. The zero-order valence-electron chi connectivity index (χ0n) is 13.6. The molecule has 4 rings (SSSR count). The third-order valence-corrected chi connectivity index (χ3v) is 6.24. The van der Waals surface area contributed by atoms with Gasteiger partial charge in [-0.15, -0.1) is 0 Å². The zero-order valence-corrected chi connectivity index (χ0v) is 13.6. The molecule has 0 spiro atoms. The average Bonchev–Trinajstić information content (AvgIpc) is 2.22. The van der Waals surface area contributed by atoms with E-state index in [1.165, 1.54) is 0 Å². The van der Waals surface area contributed by atoms with Gasteiger partial charge in [-0.1, -0.05) is 13.8 Å². The minimum atomic E-state index is -0.851. The van der Waals surface area contributed by atoms with Gasteiger partial charge in [0.2, 0.25) is 0 Å². The fourth-order valence-electron chi connectivity index (χ4n) is 4.93. The number of carbonyl (C=O) groups excluding carboxylic acids is 1. The van der Waals surface area contributed by atoms with Crippen LogP contribution >= 0.6 is 0 Å². The standard InChI is InChI=1S/C17H28O4/c1-11(2)14(3,4)13(18)21-17-7-12-5-15(19,9-17)8-16(20,6-12)10-17/h11-12,19-20H,5-10H2,1-4H3. The first-order valence-corrected chi connectivity index (χ1v) is 8.16. The van der Waals surface area contributed by atoms with Gasteiger partial charge in [0.05, 0.1) is 16.6 Å². The van der Waals surface area contributed by atoms with E-state index in [1.807, 2.05) is 27.7 Å². The van der Waals surface area contributed by atoms with Crippen LogP contribution in [0.15, 0.2) is 0 Å². The van der Waals surface area contributed by atoms with Crippen LogP contribution in [-0.2, 0) is 9.53 Å². The molecule has 4 fully saturated rings. The molecule has 0 aliphatic heterocycles. The Bertz CT molecular complexity index is 449. The van der Waals surface area contributed by atoms with E-state index in [1.54, 1.807) is 0 Å². The zero-order chi connectivity index (χ0) is 15.7. The van der Waals surface area contributed by atoms with Gasteiger partial charge in [0.25, 0.3) is 0 Å². The Morgan fingerprint density at radius 3 is 2.05 bits per heavy atom. The number of ether oxygens (including phenoxy) is 1. The highest BCUT2D eigenvalue weighted by Crippen LogP contribution is 2.60. The molecule has 4 aliphatic rings. The van der Waals surface area contributed by atoms with Gasteiger partial charge in [-0.05, 0) is 44.9 Å². The number of hydrogen-bond acceptors (Lipinski definition) is 4. The Kier molecular flexibility index (Phi) is 3.08. The lowest BCUT2D eigenvalue weighted by Crippen LogP contribution is -2.67. The molecule has 21 heavy (non-hydrogen) atoms. The Balaban J connectivity index is 1.84. The fourth-order valence-corrected chi connectivity index (χ4v) is 4.93. The van der Waals surface area contributed by atoms with Gasteiger partial charge >= 0.3 is 5.97 Å². The third-order valence-electron chi connectivity index (χ3n) is 6.24. The second kappa shape index (κ2) is 4.23. The van der Waals surface area contributed by atoms with Crippen LogP contribution in [-0.4, -0.2) is 33.0 Å². The highest BCUT2D eigenvalue weighted by atomic mass is 16.6. The van der Waals surface area contributed by atoms with E-state index in [-0.39, 0.29) is 17.8 Å². The van der Waals surface area contributed by atoms with Gasteiger partial charge in [-0.3, -0.25) is 4.79 Å². The van der Waals surface area contributed by atoms with Crippen LogP contribution in [0.5, 0.6) is 0 Å². The molecule has 2 atom stereocenters. The lowest BCUT2D eigenvalue weighted by Gasteiger charge is -2.62. The largest absolute Gasteiger partial charge is 0.458 e. The molecule has 120 valence electrons. The van der Waals surface area contributed by atoms with Gasteiger partial charge < -0.3 is 14.9 Å². The smallest absolute Gasteiger partial charge is 0.312 e. The van der Waals surface area contributed by atoms with Crippen molar-refractivity contribution in [2.75, 3.05) is 0 Å². The SMILES string of the molecule is CC(C)C(C)(C)C(=O)OC12CC3CC(O)(CC(O)(C3)C1)C2. The van der Waals surface area contributed by atoms with Crippen LogP contribution in [0, 0.1) is 17.3 Å². The van der Waals surface area contributed by atoms with Crippen LogP contribution in [0.1, 0.15) is 66.2 Å². The molecule has 4 heteroatoms. The van der Waals surface area contributed by atoms with Crippen LogP contribution in [0.2, 0.25) is 0 Å². The van der Waals surface area contributed by atoms with Crippen molar-refractivity contribution in [3.63, 3.8) is 0 Å². The van der Waals surface area contributed by atoms with Crippen molar-refractivity contribution < 1.29 is 19.7 Å². The molecule has 0 saturated heterocycles. The molecule has 0 aromatic heterocycles. The lowest BCUT2D eigenvalue weighted by molar-refractivity contribution is -0.264. The second-order valence-electron chi connectivity index (χ2n) is 8.91. The Labute approximate surface area is 126 Å². The Morgan fingerprint density at radius 1 is 1.10 bits per heavy atom. The summed E-state index contributed by atoms with van der Waals surface area (Å²) in [5.74, 6) is 0.253. The van der Waals surface area contributed by atoms with E-state index in [9.17, 15) is 15.0 Å². The van der Waals surface area contributed by atoms with Crippen LogP contribution in [0.4, 0.5) is 0 Å². The van der Waals surface area contributed by atoms with Gasteiger partial charge in [0.15, 0.2) is 0 Å². The predicted octanol–water partition coefficient (Wildman–Crippen LogP) is 2.41. The summed E-state index contributed by atoms with van der Waals surface area (Å²) < 4.78 is 5.95. The maximum absolute atomic E-state index is 12.6. The summed E-state index contributed by atoms with van der Waals surface area (Å²) in [6.07, 6.45) is 3.67. The molecule has 0 aromatic rings. The summed E-state index contributed by atoms with van der Waals surface area (Å²) in [6, 6.07) is 0. The first-order chi connectivity index (χ1) is 9.48. The monoisotopic (exact) mass is 296 g/mol. The fraction of sp³-hybridized carbons (Fsp3) is 0.941. The van der Waals surface area contributed by atoms with Crippen molar-refractivity contribution in [2.45, 2.75) is 83.0 Å². The van der Waals surface area contributed by atoms with Crippen molar-refractivity contribution in [1.82, 2.24) is 0 Å². The minimum absolute atomic E-state index is 0.185. The molecular formula is C17H28O4. The number of aliphatic hydroxyl groups is 2. The molecule has 2 unspecified atom stereocenters. The molecule has 2 N–H and O–H groups in total. The normalized spacial score (nSPS) is 45.2. The summed E-state index contributed by atoms with van der Waals surface area (Å²) in [5.41, 5.74) is -2.91. The molecule has 4 bridgehead atoms. The van der Waals surface area contributed by atoms with Crippen molar-refractivity contribution >= 4 is 5.97 Å². The summed E-state index contributed by atoms with van der Waals surface area (Å²) in [6.45, 7) is 7.85. The van der Waals surface area contributed by atoms with Crippen molar-refractivity contribution in [3.8, 4) is 0 Å². The van der Waals surface area contributed by atoms with E-state index in [2.05, 4.69) is 0 Å². The van der Waals surface area contributed by atoms with E-state index in [0.717, 1.165) is 19.3 Å². The van der Waals surface area contributed by atoms with E-state index in [0.29, 0.717) is 19.3 Å². The highest BCUT2D eigenvalue weighted by Gasteiger charge is 2.64. The van der Waals surface area contributed by atoms with Crippen LogP contribution in [0.3, 0.4) is 0 Å². The molecule has 0 amide bonds. The number of esters is 1. The molecule has 4 saturated carbocycles. The maximum atomic E-state index is 12.6. The predicted molar refractivity (Wildman–Crippen MR) is 78.5 cm³/mol. The van der Waals surface area contributed by atoms with Crippen molar-refractivity contribution in [2.24, 2.45) is 17.3 Å². The average molecular weight is 296 g/mol. The summed E-state index contributed by atoms with van der Waals surface area (Å²) in [4.78, 5) is 12.6. The first-order valence-electron chi connectivity index (χ1n) is 8.16. The van der Waals surface area contributed by atoms with E-state index < -0.39 is 22.2 Å². The third kappa shape index (κ3) is 2.40. The topological polar surface area (TPSA) is 66.8 Å². The van der Waals surface area contributed by atoms with E-state index in [4.69, 9.17) is 4.74 Å². The molecule has 0 heterocycles. The number of carbonyl (C=O) groups is 1. The maximum Gasteiger partial charge on any atom is 0.312 e. The molecule has 4 aliphatic carbocycles. The molecule has 0 aromatic carbocycles. The number of rotatable bonds is 3. The van der Waals surface area contributed by atoms with Crippen molar-refractivity contribution in [3.05, 3.63) is 0 Å². The molecule has 4 nitrogen and oxygen atoms in total. The number of hydrogen-bond donors (Lipinski definition) is 2. The van der Waals surface area contributed by atoms with Crippen molar-refractivity contribution in [1.29, 1.82) is 0 Å². The summed E-state index contributed by atoms with van der Waals surface area (Å²) >= 11 is 0. The van der Waals surface area contributed by atoms with Crippen LogP contribution < -0.4 is 0 Å². The first kappa shape index (κ1) is 15.3. The Morgan fingerprint density at radius 2 is 1.62 bits per heavy atom. The second-order valence-corrected chi connectivity index (χ2v) is 8.91. The van der Waals surface area contributed by atoms with Gasteiger partial charge in [-0.2, -0.15) is 0 Å². The minimum Gasteiger partial charge on any atom is -0.458 e. The quantitative estimate of drug-likeness (QED) is 0.785. The highest BCUT2D eigenvalue weighted by molar-refractivity contribution is 5.76. The molecular weight excluding hydrogens is 268 g/mol. The summed E-state index contributed by atoms with van der Waals surface area (Å²) in [5, 5.41) is 21.4.